The highest BCUT2D eigenvalue weighted by Crippen LogP contribution is 2.05. The number of fused-ring (bicyclic) bond motifs is 1. The molecular weight excluding hydrogens is 328 g/mol. The Labute approximate surface area is 153 Å². The number of imidazole rings is 1. The van der Waals surface area contributed by atoms with Crippen molar-refractivity contribution in [3.63, 3.8) is 0 Å². The molecule has 3 rings (SSSR count). The molecule has 0 fully saturated rings. The summed E-state index contributed by atoms with van der Waals surface area (Å²) < 4.78 is 4.10. The lowest BCUT2D eigenvalue weighted by Gasteiger charge is -2.12. The van der Waals surface area contributed by atoms with Crippen molar-refractivity contribution in [1.82, 2.24) is 34.8 Å². The van der Waals surface area contributed by atoms with Crippen LogP contribution in [0, 0.1) is 0 Å². The Kier molecular flexibility index (Phi) is 6.19. The van der Waals surface area contributed by atoms with Crippen molar-refractivity contribution in [2.24, 2.45) is 4.99 Å². The SMILES string of the molecule is CCNC(=NCCc1cn2ccccc2n1)NCCn1cnnc1CC. The van der Waals surface area contributed by atoms with E-state index in [1.807, 2.05) is 28.8 Å². The minimum absolute atomic E-state index is 0.687. The fraction of sp³-hybridized carbons (Fsp3) is 0.444. The van der Waals surface area contributed by atoms with Crippen LogP contribution >= 0.6 is 0 Å². The minimum atomic E-state index is 0.687. The van der Waals surface area contributed by atoms with Crippen LogP contribution in [0.25, 0.3) is 5.65 Å². The highest BCUT2D eigenvalue weighted by atomic mass is 15.3. The zero-order valence-corrected chi connectivity index (χ0v) is 15.4. The summed E-state index contributed by atoms with van der Waals surface area (Å²) in [6.45, 7) is 7.24. The number of nitrogens with zero attached hydrogens (tertiary/aromatic N) is 6. The van der Waals surface area contributed by atoms with Crippen molar-refractivity contribution in [1.29, 1.82) is 0 Å². The molecule has 2 N–H and O–H groups in total. The lowest BCUT2D eigenvalue weighted by molar-refractivity contribution is 0.632. The van der Waals surface area contributed by atoms with Crippen molar-refractivity contribution in [3.05, 3.63) is 48.4 Å². The molecule has 0 aliphatic heterocycles. The number of rotatable bonds is 8. The average Bonchev–Trinajstić information content (AvgIpc) is 3.27. The summed E-state index contributed by atoms with van der Waals surface area (Å²) in [6.07, 6.45) is 7.53. The molecule has 0 spiro atoms. The molecule has 0 saturated carbocycles. The van der Waals surface area contributed by atoms with E-state index >= 15 is 0 Å². The Morgan fingerprint density at radius 3 is 2.96 bits per heavy atom. The Morgan fingerprint density at radius 2 is 2.15 bits per heavy atom. The van der Waals surface area contributed by atoms with Crippen LogP contribution in [0.5, 0.6) is 0 Å². The lowest BCUT2D eigenvalue weighted by Crippen LogP contribution is -2.39. The number of nitrogens with one attached hydrogen (secondary N) is 2. The first-order valence-electron chi connectivity index (χ1n) is 9.11. The van der Waals surface area contributed by atoms with Gasteiger partial charge in [0.2, 0.25) is 0 Å². The number of aromatic nitrogens is 5. The van der Waals surface area contributed by atoms with Gasteiger partial charge in [-0.2, -0.15) is 0 Å². The highest BCUT2D eigenvalue weighted by Gasteiger charge is 2.03. The Balaban J connectivity index is 1.51. The van der Waals surface area contributed by atoms with E-state index in [4.69, 9.17) is 0 Å². The highest BCUT2D eigenvalue weighted by molar-refractivity contribution is 5.79. The first-order valence-corrected chi connectivity index (χ1v) is 9.11. The molecule has 0 atom stereocenters. The predicted octanol–water partition coefficient (Wildman–Crippen LogP) is 1.29. The zero-order valence-electron chi connectivity index (χ0n) is 15.4. The zero-order chi connectivity index (χ0) is 18.2. The molecule has 26 heavy (non-hydrogen) atoms. The van der Waals surface area contributed by atoms with E-state index in [1.54, 1.807) is 6.33 Å². The van der Waals surface area contributed by atoms with E-state index in [1.165, 1.54) is 0 Å². The maximum Gasteiger partial charge on any atom is 0.191 e. The van der Waals surface area contributed by atoms with Crippen molar-refractivity contribution in [2.45, 2.75) is 33.2 Å². The molecule has 0 aliphatic carbocycles. The summed E-state index contributed by atoms with van der Waals surface area (Å²) in [5.74, 6) is 1.82. The van der Waals surface area contributed by atoms with Crippen molar-refractivity contribution < 1.29 is 0 Å². The summed E-state index contributed by atoms with van der Waals surface area (Å²) in [4.78, 5) is 9.25. The summed E-state index contributed by atoms with van der Waals surface area (Å²) in [5, 5.41) is 14.7. The molecule has 0 aliphatic rings. The van der Waals surface area contributed by atoms with Crippen LogP contribution in [-0.2, 0) is 19.4 Å². The standard InChI is InChI=1S/C18H26N8/c1-3-16-24-22-14-26(16)12-10-21-18(19-4-2)20-9-8-15-13-25-11-6-5-7-17(25)23-15/h5-7,11,13-14H,3-4,8-10,12H2,1-2H3,(H2,19,20,21). The maximum absolute atomic E-state index is 4.65. The fourth-order valence-electron chi connectivity index (χ4n) is 2.77. The second kappa shape index (κ2) is 8.98. The molecule has 0 unspecified atom stereocenters. The van der Waals surface area contributed by atoms with Gasteiger partial charge in [-0.25, -0.2) is 4.98 Å². The van der Waals surface area contributed by atoms with Crippen LogP contribution < -0.4 is 10.6 Å². The number of hydrogen-bond donors (Lipinski definition) is 2. The molecule has 0 saturated heterocycles. The van der Waals surface area contributed by atoms with Gasteiger partial charge in [0.05, 0.1) is 5.69 Å². The first-order chi connectivity index (χ1) is 12.8. The quantitative estimate of drug-likeness (QED) is 0.470. The number of aliphatic imine (C=N–C) groups is 1. The molecule has 3 aromatic rings. The molecule has 3 aromatic heterocycles. The average molecular weight is 354 g/mol. The topological polar surface area (TPSA) is 84.4 Å². The Morgan fingerprint density at radius 1 is 1.23 bits per heavy atom. The third-order valence-corrected chi connectivity index (χ3v) is 4.05. The summed E-state index contributed by atoms with van der Waals surface area (Å²) in [7, 11) is 0. The number of pyridine rings is 1. The third kappa shape index (κ3) is 4.59. The van der Waals surface area contributed by atoms with Crippen LogP contribution in [0.3, 0.4) is 0 Å². The molecule has 3 heterocycles. The van der Waals surface area contributed by atoms with Gasteiger partial charge >= 0.3 is 0 Å². The van der Waals surface area contributed by atoms with Gasteiger partial charge in [-0.3, -0.25) is 4.99 Å². The Bertz CT molecular complexity index is 815. The maximum atomic E-state index is 4.65. The third-order valence-electron chi connectivity index (χ3n) is 4.05. The molecule has 8 heteroatoms. The van der Waals surface area contributed by atoms with Gasteiger partial charge in [0.25, 0.3) is 0 Å². The second-order valence-corrected chi connectivity index (χ2v) is 5.93. The molecule has 0 bridgehead atoms. The van der Waals surface area contributed by atoms with Gasteiger partial charge in [0.1, 0.15) is 17.8 Å². The Hall–Kier alpha value is -2.90. The van der Waals surface area contributed by atoms with Crippen LogP contribution in [0.2, 0.25) is 0 Å². The van der Waals surface area contributed by atoms with Crippen LogP contribution in [0.15, 0.2) is 41.9 Å². The van der Waals surface area contributed by atoms with E-state index in [0.717, 1.165) is 55.6 Å². The van der Waals surface area contributed by atoms with E-state index in [0.29, 0.717) is 6.54 Å². The van der Waals surface area contributed by atoms with E-state index in [2.05, 4.69) is 55.4 Å². The van der Waals surface area contributed by atoms with Crippen molar-refractivity contribution in [2.75, 3.05) is 19.6 Å². The van der Waals surface area contributed by atoms with Crippen LogP contribution in [0.4, 0.5) is 0 Å². The van der Waals surface area contributed by atoms with Gasteiger partial charge in [-0.15, -0.1) is 10.2 Å². The molecular formula is C18H26N8. The normalized spacial score (nSPS) is 11.8. The van der Waals surface area contributed by atoms with E-state index < -0.39 is 0 Å². The lowest BCUT2D eigenvalue weighted by atomic mass is 10.3. The second-order valence-electron chi connectivity index (χ2n) is 5.93. The molecule has 8 nitrogen and oxygen atoms in total. The first kappa shape index (κ1) is 17.9. The van der Waals surface area contributed by atoms with E-state index in [-0.39, 0.29) is 0 Å². The number of hydrogen-bond acceptors (Lipinski definition) is 4. The largest absolute Gasteiger partial charge is 0.357 e. The minimum Gasteiger partial charge on any atom is -0.357 e. The fourth-order valence-corrected chi connectivity index (χ4v) is 2.77. The summed E-state index contributed by atoms with van der Waals surface area (Å²) in [6, 6.07) is 6.01. The van der Waals surface area contributed by atoms with Crippen LogP contribution in [0.1, 0.15) is 25.4 Å². The number of aryl methyl sites for hydroxylation is 1. The molecule has 138 valence electrons. The van der Waals surface area contributed by atoms with Crippen molar-refractivity contribution in [3.8, 4) is 0 Å². The monoisotopic (exact) mass is 354 g/mol. The molecule has 0 aromatic carbocycles. The van der Waals surface area contributed by atoms with Gasteiger partial charge in [0.15, 0.2) is 5.96 Å². The van der Waals surface area contributed by atoms with Crippen LogP contribution in [-0.4, -0.2) is 49.7 Å². The van der Waals surface area contributed by atoms with Crippen molar-refractivity contribution >= 4 is 11.6 Å². The van der Waals surface area contributed by atoms with E-state index in [9.17, 15) is 0 Å². The predicted molar refractivity (Wildman–Crippen MR) is 102 cm³/mol. The smallest absolute Gasteiger partial charge is 0.191 e. The van der Waals surface area contributed by atoms with Gasteiger partial charge in [0, 0.05) is 51.4 Å². The van der Waals surface area contributed by atoms with Gasteiger partial charge in [-0.05, 0) is 19.1 Å². The van der Waals surface area contributed by atoms with Gasteiger partial charge < -0.3 is 19.6 Å². The van der Waals surface area contributed by atoms with Gasteiger partial charge in [-0.1, -0.05) is 13.0 Å². The summed E-state index contributed by atoms with van der Waals surface area (Å²) in [5.41, 5.74) is 2.02. The number of guanidine groups is 1. The molecule has 0 amide bonds. The molecule has 0 radical (unpaired) electrons. The summed E-state index contributed by atoms with van der Waals surface area (Å²) >= 11 is 0.